The Labute approximate surface area is 96.9 Å². The van der Waals surface area contributed by atoms with Gasteiger partial charge in [-0.2, -0.15) is 0 Å². The van der Waals surface area contributed by atoms with E-state index in [1.54, 1.807) is 0 Å². The zero-order valence-corrected chi connectivity index (χ0v) is 10.2. The van der Waals surface area contributed by atoms with Gasteiger partial charge in [0.2, 0.25) is 5.91 Å². The number of nitrogens with zero attached hydrogens (tertiary/aromatic N) is 1. The maximum Gasteiger partial charge on any atom is 0.305 e. The van der Waals surface area contributed by atoms with Crippen LogP contribution in [0.5, 0.6) is 0 Å². The van der Waals surface area contributed by atoms with Gasteiger partial charge in [-0.05, 0) is 25.7 Å². The molecule has 0 bridgehead atoms. The SMILES string of the molecule is COC(=O)CC[C@H](C)C(=O)N1CCCCC1. The molecule has 0 spiro atoms. The smallest absolute Gasteiger partial charge is 0.305 e. The Morgan fingerprint density at radius 1 is 1.25 bits per heavy atom. The first-order chi connectivity index (χ1) is 7.65. The minimum absolute atomic E-state index is 0.0720. The maximum absolute atomic E-state index is 12.0. The largest absolute Gasteiger partial charge is 0.469 e. The van der Waals surface area contributed by atoms with Crippen LogP contribution in [0, 0.1) is 5.92 Å². The number of esters is 1. The summed E-state index contributed by atoms with van der Waals surface area (Å²) in [6.45, 7) is 3.64. The Morgan fingerprint density at radius 3 is 2.44 bits per heavy atom. The topological polar surface area (TPSA) is 46.6 Å². The minimum atomic E-state index is -0.238. The fraction of sp³-hybridized carbons (Fsp3) is 0.833. The molecule has 0 radical (unpaired) electrons. The molecule has 4 heteroatoms. The highest BCUT2D eigenvalue weighted by Crippen LogP contribution is 2.15. The predicted octanol–water partition coefficient (Wildman–Crippen LogP) is 1.59. The molecule has 4 nitrogen and oxygen atoms in total. The summed E-state index contributed by atoms with van der Waals surface area (Å²) in [5.41, 5.74) is 0. The summed E-state index contributed by atoms with van der Waals surface area (Å²) < 4.78 is 4.56. The lowest BCUT2D eigenvalue weighted by atomic mass is 10.0. The van der Waals surface area contributed by atoms with Gasteiger partial charge in [-0.15, -0.1) is 0 Å². The second kappa shape index (κ2) is 6.51. The lowest BCUT2D eigenvalue weighted by Gasteiger charge is -2.29. The third kappa shape index (κ3) is 3.83. The lowest BCUT2D eigenvalue weighted by Crippen LogP contribution is -2.39. The number of hydrogen-bond donors (Lipinski definition) is 0. The third-order valence-electron chi connectivity index (χ3n) is 3.10. The Hall–Kier alpha value is -1.06. The summed E-state index contributed by atoms with van der Waals surface area (Å²) in [7, 11) is 1.37. The molecule has 1 aliphatic heterocycles. The van der Waals surface area contributed by atoms with Gasteiger partial charge in [-0.3, -0.25) is 9.59 Å². The van der Waals surface area contributed by atoms with Crippen molar-refractivity contribution in [1.82, 2.24) is 4.90 Å². The van der Waals surface area contributed by atoms with Gasteiger partial charge in [0.25, 0.3) is 0 Å². The number of piperidine rings is 1. The van der Waals surface area contributed by atoms with Crippen molar-refractivity contribution in [3.63, 3.8) is 0 Å². The van der Waals surface area contributed by atoms with Crippen LogP contribution in [0.3, 0.4) is 0 Å². The molecule has 1 saturated heterocycles. The monoisotopic (exact) mass is 227 g/mol. The minimum Gasteiger partial charge on any atom is -0.469 e. The first-order valence-corrected chi connectivity index (χ1v) is 6.00. The van der Waals surface area contributed by atoms with Crippen LogP contribution >= 0.6 is 0 Å². The highest BCUT2D eigenvalue weighted by atomic mass is 16.5. The molecule has 1 atom stereocenters. The van der Waals surface area contributed by atoms with Gasteiger partial charge < -0.3 is 9.64 Å². The Balaban J connectivity index is 2.31. The molecule has 0 N–H and O–H groups in total. The molecule has 1 rings (SSSR count). The van der Waals surface area contributed by atoms with Gasteiger partial charge in [-0.25, -0.2) is 0 Å². The molecule has 1 heterocycles. The number of ether oxygens (including phenoxy) is 1. The van der Waals surface area contributed by atoms with E-state index in [1.165, 1.54) is 13.5 Å². The van der Waals surface area contributed by atoms with E-state index in [0.29, 0.717) is 12.8 Å². The van der Waals surface area contributed by atoms with Crippen molar-refractivity contribution in [1.29, 1.82) is 0 Å². The molecule has 0 aromatic heterocycles. The normalized spacial score (nSPS) is 18.0. The van der Waals surface area contributed by atoms with E-state index in [-0.39, 0.29) is 17.8 Å². The summed E-state index contributed by atoms with van der Waals surface area (Å²) >= 11 is 0. The van der Waals surface area contributed by atoms with Gasteiger partial charge in [-0.1, -0.05) is 6.92 Å². The van der Waals surface area contributed by atoms with Gasteiger partial charge >= 0.3 is 5.97 Å². The van der Waals surface area contributed by atoms with E-state index in [9.17, 15) is 9.59 Å². The molecule has 1 amide bonds. The van der Waals surface area contributed by atoms with Gasteiger partial charge in [0.05, 0.1) is 7.11 Å². The zero-order valence-electron chi connectivity index (χ0n) is 10.2. The molecule has 0 saturated carbocycles. The third-order valence-corrected chi connectivity index (χ3v) is 3.10. The molecule has 92 valence electrons. The van der Waals surface area contributed by atoms with Crippen LogP contribution in [0.2, 0.25) is 0 Å². The van der Waals surface area contributed by atoms with E-state index in [1.807, 2.05) is 11.8 Å². The summed E-state index contributed by atoms with van der Waals surface area (Å²) in [5.74, 6) is -0.126. The van der Waals surface area contributed by atoms with Crippen LogP contribution in [0.25, 0.3) is 0 Å². The summed E-state index contributed by atoms with van der Waals surface area (Å²) in [6, 6.07) is 0. The van der Waals surface area contributed by atoms with E-state index in [0.717, 1.165) is 25.9 Å². The summed E-state index contributed by atoms with van der Waals surface area (Å²) in [4.78, 5) is 24.9. The highest BCUT2D eigenvalue weighted by molar-refractivity contribution is 5.79. The second-order valence-electron chi connectivity index (χ2n) is 4.40. The Bertz CT molecular complexity index is 247. The van der Waals surface area contributed by atoms with E-state index >= 15 is 0 Å². The van der Waals surface area contributed by atoms with Gasteiger partial charge in [0.1, 0.15) is 0 Å². The maximum atomic E-state index is 12.0. The molecule has 16 heavy (non-hydrogen) atoms. The van der Waals surface area contributed by atoms with Crippen LogP contribution in [0.1, 0.15) is 39.0 Å². The Morgan fingerprint density at radius 2 is 1.88 bits per heavy atom. The van der Waals surface area contributed by atoms with Crippen molar-refractivity contribution in [3.05, 3.63) is 0 Å². The van der Waals surface area contributed by atoms with Crippen molar-refractivity contribution in [3.8, 4) is 0 Å². The Kier molecular flexibility index (Phi) is 5.29. The molecule has 1 fully saturated rings. The van der Waals surface area contributed by atoms with Crippen molar-refractivity contribution in [2.75, 3.05) is 20.2 Å². The molecule has 0 aromatic rings. The van der Waals surface area contributed by atoms with E-state index in [4.69, 9.17) is 0 Å². The summed E-state index contributed by atoms with van der Waals surface area (Å²) in [6.07, 6.45) is 4.35. The van der Waals surface area contributed by atoms with Gasteiger partial charge in [0.15, 0.2) is 0 Å². The standard InChI is InChI=1S/C12H21NO3/c1-10(6-7-11(14)16-2)12(15)13-8-4-3-5-9-13/h10H,3-9H2,1-2H3/t10-/m0/s1. The average molecular weight is 227 g/mol. The lowest BCUT2D eigenvalue weighted by molar-refractivity contribution is -0.141. The van der Waals surface area contributed by atoms with E-state index < -0.39 is 0 Å². The predicted molar refractivity (Wildman–Crippen MR) is 60.8 cm³/mol. The average Bonchev–Trinajstić information content (AvgIpc) is 2.35. The summed E-state index contributed by atoms with van der Waals surface area (Å²) in [5, 5.41) is 0. The number of rotatable bonds is 4. The first-order valence-electron chi connectivity index (χ1n) is 6.00. The molecular formula is C12H21NO3. The van der Waals surface area contributed by atoms with Crippen molar-refractivity contribution < 1.29 is 14.3 Å². The zero-order chi connectivity index (χ0) is 12.0. The highest BCUT2D eigenvalue weighted by Gasteiger charge is 2.22. The fourth-order valence-electron chi connectivity index (χ4n) is 1.99. The van der Waals surface area contributed by atoms with Crippen LogP contribution in [0.15, 0.2) is 0 Å². The second-order valence-corrected chi connectivity index (χ2v) is 4.40. The molecule has 0 aromatic carbocycles. The van der Waals surface area contributed by atoms with Gasteiger partial charge in [0, 0.05) is 25.4 Å². The van der Waals surface area contributed by atoms with Crippen molar-refractivity contribution in [2.24, 2.45) is 5.92 Å². The van der Waals surface area contributed by atoms with Crippen LogP contribution in [-0.4, -0.2) is 37.0 Å². The molecular weight excluding hydrogens is 206 g/mol. The van der Waals surface area contributed by atoms with E-state index in [2.05, 4.69) is 4.74 Å². The van der Waals surface area contributed by atoms with Crippen molar-refractivity contribution >= 4 is 11.9 Å². The van der Waals surface area contributed by atoms with Crippen LogP contribution in [-0.2, 0) is 14.3 Å². The fourth-order valence-corrected chi connectivity index (χ4v) is 1.99. The quantitative estimate of drug-likeness (QED) is 0.685. The molecule has 1 aliphatic rings. The number of likely N-dealkylation sites (tertiary alicyclic amines) is 1. The number of carbonyl (C=O) groups excluding carboxylic acids is 2. The number of carbonyl (C=O) groups is 2. The molecule has 0 aliphatic carbocycles. The number of amides is 1. The number of hydrogen-bond acceptors (Lipinski definition) is 3. The van der Waals surface area contributed by atoms with Crippen LogP contribution in [0.4, 0.5) is 0 Å². The first kappa shape index (κ1) is 13.0. The van der Waals surface area contributed by atoms with Crippen molar-refractivity contribution in [2.45, 2.75) is 39.0 Å². The molecule has 0 unspecified atom stereocenters. The number of methoxy groups -OCH3 is 1. The van der Waals surface area contributed by atoms with Crippen LogP contribution < -0.4 is 0 Å².